The van der Waals surface area contributed by atoms with Crippen molar-refractivity contribution in [3.05, 3.63) is 36.7 Å². The summed E-state index contributed by atoms with van der Waals surface area (Å²) < 4.78 is 11.9. The number of anilines is 2. The summed E-state index contributed by atoms with van der Waals surface area (Å²) >= 11 is 0. The van der Waals surface area contributed by atoms with E-state index in [1.165, 1.54) is 19.3 Å². The standard InChI is InChI=1S/C24H31N5O3.ClH/c30-23-29(22-7-4-14-27-28-22)17-24(32-23)12-10-18(11-13-24)15-25-21-9-8-20(16-26-21)31-19-5-2-1-3-6-19;/h4,7-9,14,16,18-19H,1-3,5-6,10-13,15,17H2,(H,25,26);1H/t18-,24-;. The lowest BCUT2D eigenvalue weighted by Crippen LogP contribution is -2.39. The first kappa shape index (κ1) is 23.5. The molecule has 1 aliphatic heterocycles. The van der Waals surface area contributed by atoms with Crippen molar-refractivity contribution in [2.75, 3.05) is 23.3 Å². The van der Waals surface area contributed by atoms with Crippen LogP contribution >= 0.6 is 12.4 Å². The van der Waals surface area contributed by atoms with Crippen LogP contribution in [0.4, 0.5) is 16.4 Å². The number of nitrogens with one attached hydrogen (secondary N) is 1. The zero-order chi connectivity index (χ0) is 21.8. The number of halogens is 1. The van der Waals surface area contributed by atoms with Gasteiger partial charge in [-0.25, -0.2) is 9.78 Å². The minimum absolute atomic E-state index is 0. The highest BCUT2D eigenvalue weighted by atomic mass is 35.5. The second-order valence-corrected chi connectivity index (χ2v) is 9.30. The molecule has 9 heteroatoms. The molecule has 3 heterocycles. The third-order valence-corrected chi connectivity index (χ3v) is 6.98. The molecule has 1 N–H and O–H groups in total. The van der Waals surface area contributed by atoms with Crippen molar-refractivity contribution < 1.29 is 14.3 Å². The molecule has 0 aromatic carbocycles. The Morgan fingerprint density at radius 3 is 2.64 bits per heavy atom. The molecule has 1 spiro atoms. The quantitative estimate of drug-likeness (QED) is 0.631. The first-order valence-electron chi connectivity index (χ1n) is 11.8. The lowest BCUT2D eigenvalue weighted by atomic mass is 9.78. The van der Waals surface area contributed by atoms with E-state index in [4.69, 9.17) is 9.47 Å². The average Bonchev–Trinajstić information content (AvgIpc) is 3.16. The van der Waals surface area contributed by atoms with Gasteiger partial charge in [0.2, 0.25) is 0 Å². The molecule has 0 radical (unpaired) electrons. The second kappa shape index (κ2) is 10.5. The number of rotatable bonds is 6. The fourth-order valence-electron chi connectivity index (χ4n) is 5.08. The van der Waals surface area contributed by atoms with Gasteiger partial charge in [-0.15, -0.1) is 17.5 Å². The zero-order valence-corrected chi connectivity index (χ0v) is 19.6. The minimum atomic E-state index is -0.401. The molecule has 0 atom stereocenters. The topological polar surface area (TPSA) is 89.5 Å². The molecular weight excluding hydrogens is 442 g/mol. The van der Waals surface area contributed by atoms with Crippen LogP contribution in [-0.2, 0) is 4.74 Å². The van der Waals surface area contributed by atoms with Crippen molar-refractivity contribution >= 4 is 30.1 Å². The van der Waals surface area contributed by atoms with E-state index >= 15 is 0 Å². The summed E-state index contributed by atoms with van der Waals surface area (Å²) in [7, 11) is 0. The number of hydrogen-bond acceptors (Lipinski definition) is 7. The highest BCUT2D eigenvalue weighted by molar-refractivity contribution is 5.89. The van der Waals surface area contributed by atoms with Gasteiger partial charge >= 0.3 is 6.09 Å². The minimum Gasteiger partial charge on any atom is -0.489 e. The van der Waals surface area contributed by atoms with Crippen molar-refractivity contribution in [2.45, 2.75) is 69.5 Å². The van der Waals surface area contributed by atoms with Crippen LogP contribution in [0.2, 0.25) is 0 Å². The summed E-state index contributed by atoms with van der Waals surface area (Å²) in [5, 5.41) is 11.4. The SMILES string of the molecule is Cl.O=C1O[C@]2(CC[C@H](CNc3ccc(OC4CCCCC4)cn3)CC2)CN1c1cccnn1. The van der Waals surface area contributed by atoms with Crippen LogP contribution in [0.3, 0.4) is 0 Å². The number of hydrogen-bond donors (Lipinski definition) is 1. The Morgan fingerprint density at radius 1 is 1.12 bits per heavy atom. The van der Waals surface area contributed by atoms with Crippen molar-refractivity contribution in [3.8, 4) is 5.75 Å². The van der Waals surface area contributed by atoms with Crippen molar-refractivity contribution in [3.63, 3.8) is 0 Å². The number of pyridine rings is 1. The first-order valence-corrected chi connectivity index (χ1v) is 11.8. The molecule has 0 unspecified atom stereocenters. The molecule has 2 saturated carbocycles. The molecule has 33 heavy (non-hydrogen) atoms. The van der Waals surface area contributed by atoms with E-state index in [0.29, 0.717) is 24.4 Å². The Kier molecular flexibility index (Phi) is 7.53. The molecule has 2 aromatic heterocycles. The number of carbonyl (C=O) groups is 1. The fraction of sp³-hybridized carbons (Fsp3) is 0.583. The zero-order valence-electron chi connectivity index (χ0n) is 18.8. The van der Waals surface area contributed by atoms with Gasteiger partial charge in [0.25, 0.3) is 0 Å². The number of carbonyl (C=O) groups excluding carboxylic acids is 1. The Labute approximate surface area is 200 Å². The predicted octanol–water partition coefficient (Wildman–Crippen LogP) is 5.00. The third-order valence-electron chi connectivity index (χ3n) is 6.98. The number of ether oxygens (including phenoxy) is 2. The highest BCUT2D eigenvalue weighted by Gasteiger charge is 2.48. The van der Waals surface area contributed by atoms with Crippen LogP contribution in [0, 0.1) is 5.92 Å². The number of amides is 1. The van der Waals surface area contributed by atoms with Crippen LogP contribution in [-0.4, -0.2) is 46.1 Å². The van der Waals surface area contributed by atoms with Crippen LogP contribution in [0.15, 0.2) is 36.7 Å². The molecule has 5 rings (SSSR count). The third kappa shape index (κ3) is 5.66. The van der Waals surface area contributed by atoms with Gasteiger partial charge in [-0.2, -0.15) is 5.10 Å². The second-order valence-electron chi connectivity index (χ2n) is 9.30. The molecule has 2 aromatic rings. The van der Waals surface area contributed by atoms with Crippen molar-refractivity contribution in [1.29, 1.82) is 0 Å². The van der Waals surface area contributed by atoms with E-state index in [1.54, 1.807) is 23.2 Å². The summed E-state index contributed by atoms with van der Waals surface area (Å²) in [5.74, 6) is 2.82. The van der Waals surface area contributed by atoms with Crippen molar-refractivity contribution in [1.82, 2.24) is 15.2 Å². The summed E-state index contributed by atoms with van der Waals surface area (Å²) in [6.45, 7) is 1.42. The first-order chi connectivity index (χ1) is 15.7. The van der Waals surface area contributed by atoms with Gasteiger partial charge < -0.3 is 14.8 Å². The lowest BCUT2D eigenvalue weighted by Gasteiger charge is -2.35. The van der Waals surface area contributed by atoms with Gasteiger partial charge in [0.15, 0.2) is 5.82 Å². The van der Waals surface area contributed by atoms with Gasteiger partial charge in [-0.3, -0.25) is 4.90 Å². The molecule has 3 fully saturated rings. The van der Waals surface area contributed by atoms with E-state index < -0.39 is 5.60 Å². The molecular formula is C24H32ClN5O3. The molecule has 1 saturated heterocycles. The van der Waals surface area contributed by atoms with Crippen LogP contribution < -0.4 is 15.0 Å². The Bertz CT molecular complexity index is 900. The summed E-state index contributed by atoms with van der Waals surface area (Å²) in [5.41, 5.74) is -0.401. The monoisotopic (exact) mass is 473 g/mol. The fourth-order valence-corrected chi connectivity index (χ4v) is 5.08. The van der Waals surface area contributed by atoms with E-state index in [1.807, 2.05) is 18.3 Å². The Morgan fingerprint density at radius 2 is 1.94 bits per heavy atom. The summed E-state index contributed by atoms with van der Waals surface area (Å²) in [6.07, 6.45) is 13.3. The molecule has 0 bridgehead atoms. The molecule has 3 aliphatic rings. The molecule has 2 aliphatic carbocycles. The van der Waals surface area contributed by atoms with Crippen LogP contribution in [0.1, 0.15) is 57.8 Å². The van der Waals surface area contributed by atoms with E-state index in [9.17, 15) is 4.79 Å². The normalized spacial score (nSPS) is 25.4. The van der Waals surface area contributed by atoms with E-state index in [0.717, 1.165) is 56.6 Å². The lowest BCUT2D eigenvalue weighted by molar-refractivity contribution is 0.0148. The molecule has 1 amide bonds. The highest BCUT2D eigenvalue weighted by Crippen LogP contribution is 2.40. The number of nitrogens with zero attached hydrogens (tertiary/aromatic N) is 4. The van der Waals surface area contributed by atoms with Gasteiger partial charge in [-0.05, 0) is 81.5 Å². The summed E-state index contributed by atoms with van der Waals surface area (Å²) in [4.78, 5) is 18.5. The number of aromatic nitrogens is 3. The largest absolute Gasteiger partial charge is 0.489 e. The predicted molar refractivity (Wildman–Crippen MR) is 128 cm³/mol. The maximum atomic E-state index is 12.4. The molecule has 8 nitrogen and oxygen atoms in total. The van der Waals surface area contributed by atoms with Gasteiger partial charge in [-0.1, -0.05) is 6.42 Å². The van der Waals surface area contributed by atoms with E-state index in [2.05, 4.69) is 20.5 Å². The van der Waals surface area contributed by atoms with Crippen LogP contribution in [0.5, 0.6) is 5.75 Å². The van der Waals surface area contributed by atoms with Crippen molar-refractivity contribution in [2.24, 2.45) is 5.92 Å². The van der Waals surface area contributed by atoms with Gasteiger partial charge in [0, 0.05) is 12.7 Å². The van der Waals surface area contributed by atoms with Gasteiger partial charge in [0.05, 0.1) is 18.8 Å². The van der Waals surface area contributed by atoms with Crippen LogP contribution in [0.25, 0.3) is 0 Å². The Balaban J connectivity index is 0.00000259. The maximum absolute atomic E-state index is 12.4. The maximum Gasteiger partial charge on any atom is 0.416 e. The Hall–Kier alpha value is -2.61. The smallest absolute Gasteiger partial charge is 0.416 e. The summed E-state index contributed by atoms with van der Waals surface area (Å²) in [6, 6.07) is 7.59. The van der Waals surface area contributed by atoms with Gasteiger partial charge in [0.1, 0.15) is 17.2 Å². The van der Waals surface area contributed by atoms with E-state index in [-0.39, 0.29) is 18.5 Å². The molecule has 178 valence electrons. The average molecular weight is 474 g/mol.